The van der Waals surface area contributed by atoms with Gasteiger partial charge in [0, 0.05) is 23.8 Å². The Morgan fingerprint density at radius 2 is 1.95 bits per heavy atom. The fraction of sp³-hybridized carbons (Fsp3) is 0.438. The number of rotatable bonds is 4. The number of benzene rings is 1. The molecule has 0 aliphatic heterocycles. The molecule has 2 nitrogen and oxygen atoms in total. The summed E-state index contributed by atoms with van der Waals surface area (Å²) in [6.07, 6.45) is 0.929. The third-order valence-electron chi connectivity index (χ3n) is 3.05. The van der Waals surface area contributed by atoms with Gasteiger partial charge in [0.1, 0.15) is 0 Å². The summed E-state index contributed by atoms with van der Waals surface area (Å²) in [5.74, 6) is 0. The van der Waals surface area contributed by atoms with E-state index in [1.54, 1.807) is 11.3 Å². The number of hydrogen-bond donors (Lipinski definition) is 1. The zero-order chi connectivity index (χ0) is 13.9. The van der Waals surface area contributed by atoms with Gasteiger partial charge in [-0.3, -0.25) is 0 Å². The van der Waals surface area contributed by atoms with Crippen LogP contribution in [-0.4, -0.2) is 12.0 Å². The van der Waals surface area contributed by atoms with Crippen molar-refractivity contribution in [3.8, 4) is 0 Å². The van der Waals surface area contributed by atoms with Gasteiger partial charge in [-0.1, -0.05) is 45.0 Å². The van der Waals surface area contributed by atoms with Crippen molar-refractivity contribution in [2.75, 3.05) is 7.05 Å². The maximum absolute atomic E-state index is 4.76. The molecule has 0 saturated heterocycles. The van der Waals surface area contributed by atoms with Crippen LogP contribution in [0.5, 0.6) is 0 Å². The first-order valence-corrected chi connectivity index (χ1v) is 7.54. The molecular formula is C16H22N2S. The highest BCUT2D eigenvalue weighted by Gasteiger charge is 2.17. The van der Waals surface area contributed by atoms with Gasteiger partial charge >= 0.3 is 0 Å². The van der Waals surface area contributed by atoms with E-state index in [0.29, 0.717) is 0 Å². The molecule has 1 heterocycles. The van der Waals surface area contributed by atoms with Crippen LogP contribution in [0.3, 0.4) is 0 Å². The van der Waals surface area contributed by atoms with Crippen LogP contribution in [0, 0.1) is 0 Å². The molecule has 0 bridgehead atoms. The number of nitrogens with zero attached hydrogens (tertiary/aromatic N) is 1. The van der Waals surface area contributed by atoms with E-state index in [0.717, 1.165) is 13.0 Å². The van der Waals surface area contributed by atoms with Gasteiger partial charge in [-0.15, -0.1) is 11.3 Å². The maximum atomic E-state index is 4.76. The first-order valence-electron chi connectivity index (χ1n) is 6.66. The van der Waals surface area contributed by atoms with Gasteiger partial charge in [0.2, 0.25) is 0 Å². The van der Waals surface area contributed by atoms with E-state index in [2.05, 4.69) is 55.7 Å². The van der Waals surface area contributed by atoms with E-state index >= 15 is 0 Å². The van der Waals surface area contributed by atoms with Gasteiger partial charge in [0.15, 0.2) is 0 Å². The minimum atomic E-state index is 0.142. The fourth-order valence-electron chi connectivity index (χ4n) is 1.96. The summed E-state index contributed by atoms with van der Waals surface area (Å²) in [4.78, 5) is 4.76. The summed E-state index contributed by atoms with van der Waals surface area (Å²) in [6.45, 7) is 7.54. The molecule has 0 atom stereocenters. The van der Waals surface area contributed by atoms with Gasteiger partial charge < -0.3 is 5.32 Å². The molecule has 19 heavy (non-hydrogen) atoms. The lowest BCUT2D eigenvalue weighted by atomic mass is 9.93. The van der Waals surface area contributed by atoms with Crippen molar-refractivity contribution in [3.05, 3.63) is 51.5 Å². The first-order chi connectivity index (χ1) is 8.99. The molecule has 1 aromatic carbocycles. The van der Waals surface area contributed by atoms with Crippen LogP contribution in [0.2, 0.25) is 0 Å². The van der Waals surface area contributed by atoms with E-state index in [-0.39, 0.29) is 5.41 Å². The largest absolute Gasteiger partial charge is 0.316 e. The summed E-state index contributed by atoms with van der Waals surface area (Å²) in [5.41, 5.74) is 4.00. The third-order valence-corrected chi connectivity index (χ3v) is 3.90. The first kappa shape index (κ1) is 14.2. The SMILES string of the molecule is CNCc1cccc(Cc2nc(C(C)(C)C)cs2)c1. The topological polar surface area (TPSA) is 24.9 Å². The van der Waals surface area contributed by atoms with Gasteiger partial charge in [-0.2, -0.15) is 0 Å². The molecule has 0 amide bonds. The lowest BCUT2D eigenvalue weighted by Gasteiger charge is -2.14. The van der Waals surface area contributed by atoms with Crippen molar-refractivity contribution in [2.45, 2.75) is 39.2 Å². The van der Waals surface area contributed by atoms with Crippen LogP contribution in [0.4, 0.5) is 0 Å². The predicted octanol–water partition coefficient (Wildman–Crippen LogP) is 3.75. The molecular weight excluding hydrogens is 252 g/mol. The smallest absolute Gasteiger partial charge is 0.0972 e. The Morgan fingerprint density at radius 3 is 2.58 bits per heavy atom. The monoisotopic (exact) mass is 274 g/mol. The van der Waals surface area contributed by atoms with Gasteiger partial charge in [-0.05, 0) is 18.2 Å². The number of hydrogen-bond acceptors (Lipinski definition) is 3. The molecule has 0 unspecified atom stereocenters. The van der Waals surface area contributed by atoms with E-state index < -0.39 is 0 Å². The molecule has 0 saturated carbocycles. The van der Waals surface area contributed by atoms with Crippen LogP contribution in [0.15, 0.2) is 29.6 Å². The summed E-state index contributed by atoms with van der Waals surface area (Å²) in [7, 11) is 1.98. The molecule has 1 N–H and O–H groups in total. The van der Waals surface area contributed by atoms with E-state index in [9.17, 15) is 0 Å². The average molecular weight is 274 g/mol. The number of nitrogens with one attached hydrogen (secondary N) is 1. The van der Waals surface area contributed by atoms with E-state index in [1.165, 1.54) is 21.8 Å². The Bertz CT molecular complexity index is 538. The Hall–Kier alpha value is -1.19. The predicted molar refractivity (Wildman–Crippen MR) is 82.8 cm³/mol. The van der Waals surface area contributed by atoms with Crippen molar-refractivity contribution in [1.29, 1.82) is 0 Å². The second-order valence-electron chi connectivity index (χ2n) is 5.90. The van der Waals surface area contributed by atoms with E-state index in [1.807, 2.05) is 7.05 Å². The molecule has 2 rings (SSSR count). The van der Waals surface area contributed by atoms with Crippen LogP contribution >= 0.6 is 11.3 Å². The van der Waals surface area contributed by atoms with Crippen LogP contribution in [0.25, 0.3) is 0 Å². The normalized spacial score (nSPS) is 11.8. The zero-order valence-corrected chi connectivity index (χ0v) is 13.0. The minimum Gasteiger partial charge on any atom is -0.316 e. The third kappa shape index (κ3) is 3.88. The molecule has 1 aromatic heterocycles. The molecule has 102 valence electrons. The Labute approximate surface area is 119 Å². The highest BCUT2D eigenvalue weighted by atomic mass is 32.1. The minimum absolute atomic E-state index is 0.142. The van der Waals surface area contributed by atoms with Crippen molar-refractivity contribution in [3.63, 3.8) is 0 Å². The van der Waals surface area contributed by atoms with Crippen LogP contribution in [-0.2, 0) is 18.4 Å². The lowest BCUT2D eigenvalue weighted by molar-refractivity contribution is 0.571. The Kier molecular flexibility index (Phi) is 4.38. The molecule has 3 heteroatoms. The second-order valence-corrected chi connectivity index (χ2v) is 6.85. The quantitative estimate of drug-likeness (QED) is 0.918. The van der Waals surface area contributed by atoms with Crippen molar-refractivity contribution < 1.29 is 0 Å². The van der Waals surface area contributed by atoms with E-state index in [4.69, 9.17) is 4.98 Å². The van der Waals surface area contributed by atoms with Crippen molar-refractivity contribution >= 4 is 11.3 Å². The molecule has 0 aliphatic rings. The van der Waals surface area contributed by atoms with Crippen molar-refractivity contribution in [1.82, 2.24) is 10.3 Å². The number of thiazole rings is 1. The highest BCUT2D eigenvalue weighted by Crippen LogP contribution is 2.25. The molecule has 0 spiro atoms. The summed E-state index contributed by atoms with van der Waals surface area (Å²) >= 11 is 1.76. The highest BCUT2D eigenvalue weighted by molar-refractivity contribution is 7.09. The van der Waals surface area contributed by atoms with Gasteiger partial charge in [-0.25, -0.2) is 4.98 Å². The molecule has 0 radical (unpaired) electrons. The van der Waals surface area contributed by atoms with Gasteiger partial charge in [0.05, 0.1) is 10.7 Å². The fourth-order valence-corrected chi connectivity index (χ4v) is 3.02. The Morgan fingerprint density at radius 1 is 1.21 bits per heavy atom. The summed E-state index contributed by atoms with van der Waals surface area (Å²) < 4.78 is 0. The van der Waals surface area contributed by atoms with Crippen molar-refractivity contribution in [2.24, 2.45) is 0 Å². The second kappa shape index (κ2) is 5.85. The molecule has 0 aliphatic carbocycles. The lowest BCUT2D eigenvalue weighted by Crippen LogP contribution is -2.11. The Balaban J connectivity index is 2.12. The summed E-state index contributed by atoms with van der Waals surface area (Å²) in [5, 5.41) is 6.57. The average Bonchev–Trinajstić information content (AvgIpc) is 2.78. The number of aromatic nitrogens is 1. The molecule has 2 aromatic rings. The zero-order valence-electron chi connectivity index (χ0n) is 12.2. The van der Waals surface area contributed by atoms with Crippen LogP contribution in [0.1, 0.15) is 42.6 Å². The van der Waals surface area contributed by atoms with Crippen LogP contribution < -0.4 is 5.32 Å². The maximum Gasteiger partial charge on any atom is 0.0972 e. The van der Waals surface area contributed by atoms with Gasteiger partial charge in [0.25, 0.3) is 0 Å². The molecule has 0 fully saturated rings. The standard InChI is InChI=1S/C16H22N2S/c1-16(2,3)14-11-19-15(18-14)9-12-6-5-7-13(8-12)10-17-4/h5-8,11,17H,9-10H2,1-4H3. The summed E-state index contributed by atoms with van der Waals surface area (Å²) in [6, 6.07) is 8.72.